The summed E-state index contributed by atoms with van der Waals surface area (Å²) in [6.07, 6.45) is 0.871. The van der Waals surface area contributed by atoms with E-state index in [0.717, 1.165) is 6.42 Å². The Hall–Kier alpha value is -0.330. The van der Waals surface area contributed by atoms with Crippen molar-refractivity contribution in [3.63, 3.8) is 0 Å². The molecule has 0 spiro atoms. The lowest BCUT2D eigenvalue weighted by molar-refractivity contribution is 0.179. The van der Waals surface area contributed by atoms with Gasteiger partial charge in [0.25, 0.3) is 0 Å². The molecule has 21 heavy (non-hydrogen) atoms. The molecule has 1 heterocycles. The van der Waals surface area contributed by atoms with Crippen LogP contribution in [0.15, 0.2) is 23.1 Å². The van der Waals surface area contributed by atoms with Gasteiger partial charge in [-0.2, -0.15) is 0 Å². The van der Waals surface area contributed by atoms with Crippen LogP contribution in [0.4, 0.5) is 0 Å². The lowest BCUT2D eigenvalue weighted by Crippen LogP contribution is -2.42. The van der Waals surface area contributed by atoms with E-state index in [2.05, 4.69) is 5.32 Å². The molecule has 1 N–H and O–H groups in total. The quantitative estimate of drug-likeness (QED) is 0.855. The third-order valence-electron chi connectivity index (χ3n) is 3.63. The molecule has 2 atom stereocenters. The Balaban J connectivity index is 2.23. The molecule has 7 heteroatoms. The highest BCUT2D eigenvalue weighted by Gasteiger charge is 2.31. The molecular formula is C14H19Cl2NO3S. The van der Waals surface area contributed by atoms with Crippen LogP contribution in [0.25, 0.3) is 0 Å². The van der Waals surface area contributed by atoms with Gasteiger partial charge in [-0.25, -0.2) is 8.42 Å². The van der Waals surface area contributed by atoms with Crippen LogP contribution >= 0.6 is 23.2 Å². The zero-order chi connectivity index (χ0) is 15.5. The number of halogens is 2. The molecule has 0 bridgehead atoms. The second kappa shape index (κ2) is 7.29. The van der Waals surface area contributed by atoms with E-state index in [4.69, 9.17) is 27.9 Å². The molecule has 2 unspecified atom stereocenters. The van der Waals surface area contributed by atoms with Gasteiger partial charge in [-0.1, -0.05) is 30.1 Å². The highest BCUT2D eigenvalue weighted by molar-refractivity contribution is 7.91. The molecule has 4 nitrogen and oxygen atoms in total. The van der Waals surface area contributed by atoms with E-state index in [9.17, 15) is 8.42 Å². The van der Waals surface area contributed by atoms with Crippen molar-refractivity contribution < 1.29 is 13.2 Å². The van der Waals surface area contributed by atoms with E-state index in [0.29, 0.717) is 24.8 Å². The number of nitrogens with one attached hydrogen (secondary N) is 1. The molecule has 2 rings (SSSR count). The average molecular weight is 352 g/mol. The van der Waals surface area contributed by atoms with Crippen LogP contribution in [-0.2, 0) is 14.6 Å². The van der Waals surface area contributed by atoms with Gasteiger partial charge in [-0.3, -0.25) is 0 Å². The Labute approximate surface area is 135 Å². The molecule has 1 aromatic carbocycles. The number of sulfone groups is 1. The molecule has 118 valence electrons. The fourth-order valence-corrected chi connectivity index (χ4v) is 4.96. The smallest absolute Gasteiger partial charge is 0.181 e. The molecule has 0 saturated carbocycles. The Morgan fingerprint density at radius 2 is 2.19 bits per heavy atom. The first-order chi connectivity index (χ1) is 9.94. The third kappa shape index (κ3) is 4.33. The number of ether oxygens (including phenoxy) is 1. The van der Waals surface area contributed by atoms with E-state index in [1.807, 2.05) is 6.92 Å². The van der Waals surface area contributed by atoms with Crippen LogP contribution in [0.2, 0.25) is 10.0 Å². The van der Waals surface area contributed by atoms with Crippen LogP contribution in [0.3, 0.4) is 0 Å². The van der Waals surface area contributed by atoms with Gasteiger partial charge >= 0.3 is 0 Å². The van der Waals surface area contributed by atoms with E-state index < -0.39 is 9.84 Å². The Morgan fingerprint density at radius 3 is 2.81 bits per heavy atom. The largest absolute Gasteiger partial charge is 0.381 e. The monoisotopic (exact) mass is 351 g/mol. The van der Waals surface area contributed by atoms with Gasteiger partial charge in [-0.15, -0.1) is 0 Å². The first-order valence-corrected chi connectivity index (χ1v) is 9.34. The molecule has 1 fully saturated rings. The van der Waals surface area contributed by atoms with Crippen LogP contribution in [0, 0.1) is 5.92 Å². The van der Waals surface area contributed by atoms with E-state index in [-0.39, 0.29) is 27.6 Å². The minimum atomic E-state index is -3.51. The second-order valence-electron chi connectivity index (χ2n) is 5.14. The van der Waals surface area contributed by atoms with Crippen molar-refractivity contribution in [2.75, 3.05) is 25.5 Å². The molecule has 0 amide bonds. The van der Waals surface area contributed by atoms with Crippen molar-refractivity contribution >= 4 is 33.0 Å². The molecule has 1 saturated heterocycles. The van der Waals surface area contributed by atoms with Crippen molar-refractivity contribution in [1.82, 2.24) is 5.32 Å². The molecule has 1 aliphatic heterocycles. The maximum Gasteiger partial charge on any atom is 0.181 e. The van der Waals surface area contributed by atoms with Gasteiger partial charge in [0.15, 0.2) is 9.84 Å². The topological polar surface area (TPSA) is 55.4 Å². The van der Waals surface area contributed by atoms with Crippen molar-refractivity contribution in [2.45, 2.75) is 24.3 Å². The van der Waals surface area contributed by atoms with Gasteiger partial charge in [0, 0.05) is 23.6 Å². The van der Waals surface area contributed by atoms with Crippen LogP contribution in [0.5, 0.6) is 0 Å². The number of rotatable bonds is 6. The zero-order valence-electron chi connectivity index (χ0n) is 11.8. The summed E-state index contributed by atoms with van der Waals surface area (Å²) in [6, 6.07) is 4.36. The molecular weight excluding hydrogens is 333 g/mol. The molecule has 1 aliphatic rings. The van der Waals surface area contributed by atoms with Gasteiger partial charge in [0.05, 0.1) is 22.3 Å². The molecule has 0 radical (unpaired) electrons. The summed E-state index contributed by atoms with van der Waals surface area (Å²) in [4.78, 5) is 0.0958. The summed E-state index contributed by atoms with van der Waals surface area (Å²) in [5, 5.41) is 3.82. The first kappa shape index (κ1) is 17.0. The SMILES string of the molecule is CCNC(CS(=O)(=O)c1cc(Cl)ccc1Cl)C1CCOC1. The molecule has 0 aromatic heterocycles. The predicted molar refractivity (Wildman–Crippen MR) is 84.9 cm³/mol. The lowest BCUT2D eigenvalue weighted by Gasteiger charge is -2.23. The summed E-state index contributed by atoms with van der Waals surface area (Å²) < 4.78 is 30.6. The normalized spacial score (nSPS) is 20.6. The van der Waals surface area contributed by atoms with Crippen molar-refractivity contribution in [3.8, 4) is 0 Å². The number of hydrogen-bond donors (Lipinski definition) is 1. The van der Waals surface area contributed by atoms with Gasteiger partial charge in [-0.05, 0) is 31.2 Å². The van der Waals surface area contributed by atoms with E-state index in [1.165, 1.54) is 12.1 Å². The average Bonchev–Trinajstić information content (AvgIpc) is 2.95. The van der Waals surface area contributed by atoms with Gasteiger partial charge in [0.2, 0.25) is 0 Å². The first-order valence-electron chi connectivity index (χ1n) is 6.93. The standard InChI is InChI=1S/C14H19Cl2NO3S/c1-2-17-13(10-5-6-20-8-10)9-21(18,19)14-7-11(15)3-4-12(14)16/h3-4,7,10,13,17H,2,5-6,8-9H2,1H3. The highest BCUT2D eigenvalue weighted by Crippen LogP contribution is 2.28. The predicted octanol–water partition coefficient (Wildman–Crippen LogP) is 2.78. The minimum absolute atomic E-state index is 0.00503. The fraction of sp³-hybridized carbons (Fsp3) is 0.571. The van der Waals surface area contributed by atoms with Gasteiger partial charge < -0.3 is 10.1 Å². The number of benzene rings is 1. The molecule has 1 aromatic rings. The zero-order valence-corrected chi connectivity index (χ0v) is 14.1. The van der Waals surface area contributed by atoms with Crippen molar-refractivity contribution in [1.29, 1.82) is 0 Å². The Morgan fingerprint density at radius 1 is 1.43 bits per heavy atom. The van der Waals surface area contributed by atoms with Crippen LogP contribution in [-0.4, -0.2) is 40.0 Å². The summed E-state index contributed by atoms with van der Waals surface area (Å²) in [5.74, 6) is 0.201. The maximum absolute atomic E-state index is 12.6. The Kier molecular flexibility index (Phi) is 5.91. The Bertz CT molecular complexity index is 586. The maximum atomic E-state index is 12.6. The summed E-state index contributed by atoms with van der Waals surface area (Å²) >= 11 is 11.9. The van der Waals surface area contributed by atoms with Crippen LogP contribution < -0.4 is 5.32 Å². The van der Waals surface area contributed by atoms with Crippen molar-refractivity contribution in [2.24, 2.45) is 5.92 Å². The second-order valence-corrected chi connectivity index (χ2v) is 7.99. The van der Waals surface area contributed by atoms with Gasteiger partial charge in [0.1, 0.15) is 0 Å². The number of hydrogen-bond acceptors (Lipinski definition) is 4. The summed E-state index contributed by atoms with van der Waals surface area (Å²) in [5.41, 5.74) is 0. The van der Waals surface area contributed by atoms with E-state index >= 15 is 0 Å². The third-order valence-corrected chi connectivity index (χ3v) is 6.11. The summed E-state index contributed by atoms with van der Waals surface area (Å²) in [6.45, 7) is 3.95. The fourth-order valence-electron chi connectivity index (χ4n) is 2.54. The van der Waals surface area contributed by atoms with E-state index in [1.54, 1.807) is 6.07 Å². The summed E-state index contributed by atoms with van der Waals surface area (Å²) in [7, 11) is -3.51. The highest BCUT2D eigenvalue weighted by atomic mass is 35.5. The molecule has 0 aliphatic carbocycles. The minimum Gasteiger partial charge on any atom is -0.381 e. The van der Waals surface area contributed by atoms with Crippen molar-refractivity contribution in [3.05, 3.63) is 28.2 Å². The van der Waals surface area contributed by atoms with Crippen LogP contribution in [0.1, 0.15) is 13.3 Å². The lowest BCUT2D eigenvalue weighted by atomic mass is 10.0.